The van der Waals surface area contributed by atoms with Crippen molar-refractivity contribution >= 4 is 5.70 Å². The molecule has 0 radical (unpaired) electrons. The molecule has 0 fully saturated rings. The highest BCUT2D eigenvalue weighted by Gasteiger charge is 2.20. The molecule has 0 amide bonds. The molecule has 5 nitrogen and oxygen atoms in total. The van der Waals surface area contributed by atoms with Crippen LogP contribution in [0.15, 0.2) is 31.0 Å². The first-order valence-corrected chi connectivity index (χ1v) is 5.83. The van der Waals surface area contributed by atoms with Gasteiger partial charge in [-0.05, 0) is 19.3 Å². The van der Waals surface area contributed by atoms with Crippen LogP contribution < -0.4 is 5.73 Å². The van der Waals surface area contributed by atoms with Crippen molar-refractivity contribution < 1.29 is 0 Å². The first kappa shape index (κ1) is 10.7. The van der Waals surface area contributed by atoms with Crippen LogP contribution >= 0.6 is 0 Å². The number of aryl methyl sites for hydroxylation is 1. The molecule has 0 spiro atoms. The number of imidazole rings is 1. The van der Waals surface area contributed by atoms with Crippen molar-refractivity contribution in [2.75, 3.05) is 0 Å². The average Bonchev–Trinajstić information content (AvgIpc) is 3.06. The van der Waals surface area contributed by atoms with Crippen LogP contribution in [-0.4, -0.2) is 19.5 Å². The molecule has 0 aliphatic heterocycles. The van der Waals surface area contributed by atoms with Gasteiger partial charge in [-0.15, -0.1) is 5.73 Å². The summed E-state index contributed by atoms with van der Waals surface area (Å²) >= 11 is 0. The minimum Gasteiger partial charge on any atom is -0.391 e. The minimum atomic E-state index is 0.483. The van der Waals surface area contributed by atoms with Gasteiger partial charge in [-0.3, -0.25) is 4.57 Å². The van der Waals surface area contributed by atoms with Gasteiger partial charge in [-0.1, -0.05) is 6.58 Å². The summed E-state index contributed by atoms with van der Waals surface area (Å²) in [5.41, 5.74) is 12.1. The summed E-state index contributed by atoms with van der Waals surface area (Å²) in [6, 6.07) is 0. The number of rotatable bonds is 2. The quantitative estimate of drug-likeness (QED) is 0.800. The molecule has 0 saturated heterocycles. The molecular weight excluding hydrogens is 226 g/mol. The number of nitrogens with zero attached hydrogens (tertiary/aromatic N) is 4. The van der Waals surface area contributed by atoms with Crippen LogP contribution in [0.2, 0.25) is 0 Å². The lowest BCUT2D eigenvalue weighted by atomic mass is 10.1. The van der Waals surface area contributed by atoms with Gasteiger partial charge in [0.1, 0.15) is 17.7 Å². The summed E-state index contributed by atoms with van der Waals surface area (Å²) < 4.78 is 1.78. The maximum absolute atomic E-state index is 5.92. The zero-order chi connectivity index (χ0) is 12.5. The van der Waals surface area contributed by atoms with Crippen LogP contribution in [0.4, 0.5) is 0 Å². The largest absolute Gasteiger partial charge is 0.391 e. The zero-order valence-corrected chi connectivity index (χ0v) is 9.93. The molecule has 1 aliphatic rings. The summed E-state index contributed by atoms with van der Waals surface area (Å²) in [4.78, 5) is 13.1. The van der Waals surface area contributed by atoms with Gasteiger partial charge in [0.25, 0.3) is 0 Å². The molecule has 18 heavy (non-hydrogen) atoms. The monoisotopic (exact) mass is 239 g/mol. The summed E-state index contributed by atoms with van der Waals surface area (Å²) in [5, 5.41) is 0. The Morgan fingerprint density at radius 3 is 3.00 bits per heavy atom. The summed E-state index contributed by atoms with van der Waals surface area (Å²) in [7, 11) is 0. The average molecular weight is 239 g/mol. The van der Waals surface area contributed by atoms with Crippen LogP contribution in [0.1, 0.15) is 23.4 Å². The van der Waals surface area contributed by atoms with Crippen molar-refractivity contribution in [3.63, 3.8) is 0 Å². The van der Waals surface area contributed by atoms with E-state index in [0.717, 1.165) is 36.2 Å². The normalized spacial score (nSPS) is 13.1. The smallest absolute Gasteiger partial charge is 0.235 e. The number of nitrogens with two attached hydrogens (primary N) is 1. The van der Waals surface area contributed by atoms with E-state index in [9.17, 15) is 0 Å². The summed E-state index contributed by atoms with van der Waals surface area (Å²) in [6.45, 7) is 3.59. The maximum atomic E-state index is 5.92. The summed E-state index contributed by atoms with van der Waals surface area (Å²) in [6.07, 6.45) is 8.22. The van der Waals surface area contributed by atoms with E-state index in [1.165, 1.54) is 0 Å². The zero-order valence-electron chi connectivity index (χ0n) is 9.93. The molecule has 2 heterocycles. The van der Waals surface area contributed by atoms with Crippen molar-refractivity contribution in [3.8, 4) is 5.95 Å². The molecular formula is C13H13N5. The number of hydrogen-bond donors (Lipinski definition) is 1. The van der Waals surface area contributed by atoms with Gasteiger partial charge in [0.15, 0.2) is 0 Å². The van der Waals surface area contributed by atoms with E-state index in [1.54, 1.807) is 17.1 Å². The van der Waals surface area contributed by atoms with E-state index in [1.807, 2.05) is 6.20 Å². The van der Waals surface area contributed by atoms with Gasteiger partial charge in [-0.25, -0.2) is 15.0 Å². The van der Waals surface area contributed by atoms with Crippen molar-refractivity contribution in [1.29, 1.82) is 0 Å². The lowest BCUT2D eigenvalue weighted by Gasteiger charge is -2.09. The van der Waals surface area contributed by atoms with E-state index < -0.39 is 0 Å². The Hall–Kier alpha value is -2.39. The standard InChI is InChI=1S/C13H13N5/c1-2-10(14)12-9-4-3-5-11(9)16-13(17-12)18-7-6-15-8-18/h6-8H,1,3-5,14H2. The second kappa shape index (κ2) is 4.13. The third-order valence-electron chi connectivity index (χ3n) is 3.10. The van der Waals surface area contributed by atoms with E-state index in [-0.39, 0.29) is 0 Å². The van der Waals surface area contributed by atoms with Gasteiger partial charge in [0.2, 0.25) is 5.95 Å². The van der Waals surface area contributed by atoms with Crippen LogP contribution in [0.25, 0.3) is 11.6 Å². The predicted molar refractivity (Wildman–Crippen MR) is 67.9 cm³/mol. The third-order valence-corrected chi connectivity index (χ3v) is 3.10. The summed E-state index contributed by atoms with van der Waals surface area (Å²) in [5.74, 6) is 0.598. The molecule has 90 valence electrons. The first-order chi connectivity index (χ1) is 8.79. The topological polar surface area (TPSA) is 69.6 Å². The number of fused-ring (bicyclic) bond motifs is 1. The molecule has 2 aromatic rings. The Bertz CT molecular complexity index is 636. The van der Waals surface area contributed by atoms with Gasteiger partial charge in [-0.2, -0.15) is 0 Å². The fourth-order valence-electron chi connectivity index (χ4n) is 2.22. The maximum Gasteiger partial charge on any atom is 0.235 e. The molecule has 0 atom stereocenters. The third kappa shape index (κ3) is 1.61. The van der Waals surface area contributed by atoms with E-state index in [2.05, 4.69) is 27.3 Å². The van der Waals surface area contributed by atoms with Gasteiger partial charge < -0.3 is 5.73 Å². The van der Waals surface area contributed by atoms with Gasteiger partial charge in [0, 0.05) is 23.7 Å². The number of aromatic nitrogens is 4. The van der Waals surface area contributed by atoms with Gasteiger partial charge >= 0.3 is 0 Å². The SMILES string of the molecule is C=C=C(N)c1nc(-n2ccnc2)nc2c1CCC2. The predicted octanol–water partition coefficient (Wildman–Crippen LogP) is 1.24. The molecule has 0 bridgehead atoms. The van der Waals surface area contributed by atoms with Crippen LogP contribution in [0, 0.1) is 0 Å². The van der Waals surface area contributed by atoms with Crippen LogP contribution in [0.3, 0.4) is 0 Å². The highest BCUT2D eigenvalue weighted by Crippen LogP contribution is 2.26. The van der Waals surface area contributed by atoms with Crippen molar-refractivity contribution in [1.82, 2.24) is 19.5 Å². The molecule has 5 heteroatoms. The highest BCUT2D eigenvalue weighted by atomic mass is 15.2. The molecule has 0 aromatic carbocycles. The molecule has 0 unspecified atom stereocenters. The van der Waals surface area contributed by atoms with E-state index >= 15 is 0 Å². The Morgan fingerprint density at radius 2 is 2.28 bits per heavy atom. The second-order valence-corrected chi connectivity index (χ2v) is 4.21. The highest BCUT2D eigenvalue weighted by molar-refractivity contribution is 5.63. The minimum absolute atomic E-state index is 0.483. The van der Waals surface area contributed by atoms with E-state index in [4.69, 9.17) is 5.73 Å². The fraction of sp³-hybridized carbons (Fsp3) is 0.231. The molecule has 2 N–H and O–H groups in total. The van der Waals surface area contributed by atoms with Crippen molar-refractivity contribution in [3.05, 3.63) is 48.0 Å². The Kier molecular flexibility index (Phi) is 2.46. The fourth-order valence-corrected chi connectivity index (χ4v) is 2.22. The molecule has 3 rings (SSSR count). The van der Waals surface area contributed by atoms with Crippen LogP contribution in [0.5, 0.6) is 0 Å². The molecule has 2 aromatic heterocycles. The van der Waals surface area contributed by atoms with Crippen molar-refractivity contribution in [2.45, 2.75) is 19.3 Å². The number of hydrogen-bond acceptors (Lipinski definition) is 4. The lowest BCUT2D eigenvalue weighted by molar-refractivity contribution is 0.875. The second-order valence-electron chi connectivity index (χ2n) is 4.21. The Labute approximate surface area is 105 Å². The Balaban J connectivity index is 2.22. The molecule has 1 aliphatic carbocycles. The van der Waals surface area contributed by atoms with Gasteiger partial charge in [0.05, 0.1) is 0 Å². The van der Waals surface area contributed by atoms with Crippen LogP contribution in [-0.2, 0) is 12.8 Å². The van der Waals surface area contributed by atoms with E-state index in [0.29, 0.717) is 11.6 Å². The lowest BCUT2D eigenvalue weighted by Crippen LogP contribution is -2.09. The Morgan fingerprint density at radius 1 is 1.39 bits per heavy atom. The molecule has 0 saturated carbocycles. The first-order valence-electron chi connectivity index (χ1n) is 5.83. The van der Waals surface area contributed by atoms with Crippen molar-refractivity contribution in [2.24, 2.45) is 5.73 Å².